The lowest BCUT2D eigenvalue weighted by atomic mass is 9.98. The number of nitrogens with one attached hydrogen (secondary N) is 1. The highest BCUT2D eigenvalue weighted by atomic mass is 16.5. The number of likely N-dealkylation sites (N-methyl/N-ethyl adjacent to an activating group) is 1. The number of likely N-dealkylation sites (tertiary alicyclic amines) is 1. The summed E-state index contributed by atoms with van der Waals surface area (Å²) < 4.78 is 10.1. The van der Waals surface area contributed by atoms with Gasteiger partial charge in [0, 0.05) is 20.1 Å². The van der Waals surface area contributed by atoms with Gasteiger partial charge in [-0.2, -0.15) is 0 Å². The molecule has 2 rings (SSSR count). The van der Waals surface area contributed by atoms with Gasteiger partial charge in [0.1, 0.15) is 6.04 Å². The number of piperidine rings is 1. The van der Waals surface area contributed by atoms with Crippen LogP contribution in [0.25, 0.3) is 0 Å². The summed E-state index contributed by atoms with van der Waals surface area (Å²) >= 11 is 0. The SMILES string of the molecule is CCOC(=O)C1CCCN(C(=O)CN(C)C(=O)C(NC(=O)c2ccco2)C(C)C)C1. The van der Waals surface area contributed by atoms with Crippen LogP contribution in [0.5, 0.6) is 0 Å². The van der Waals surface area contributed by atoms with Crippen LogP contribution in [0.4, 0.5) is 0 Å². The second-order valence-electron chi connectivity index (χ2n) is 7.80. The average molecular weight is 421 g/mol. The van der Waals surface area contributed by atoms with Crippen molar-refractivity contribution in [3.63, 3.8) is 0 Å². The Morgan fingerprint density at radius 3 is 2.67 bits per heavy atom. The predicted octanol–water partition coefficient (Wildman–Crippen LogP) is 1.29. The summed E-state index contributed by atoms with van der Waals surface area (Å²) in [5.74, 6) is -1.78. The van der Waals surface area contributed by atoms with Crippen molar-refractivity contribution >= 4 is 23.7 Å². The molecule has 0 saturated carbocycles. The molecule has 0 aromatic carbocycles. The molecule has 0 aliphatic carbocycles. The smallest absolute Gasteiger partial charge is 0.310 e. The van der Waals surface area contributed by atoms with Gasteiger partial charge in [-0.15, -0.1) is 0 Å². The summed E-state index contributed by atoms with van der Waals surface area (Å²) in [5.41, 5.74) is 0. The molecule has 9 nitrogen and oxygen atoms in total. The van der Waals surface area contributed by atoms with Gasteiger partial charge in [0.2, 0.25) is 11.8 Å². The van der Waals surface area contributed by atoms with Crippen molar-refractivity contribution in [1.29, 1.82) is 0 Å². The van der Waals surface area contributed by atoms with Crippen molar-refractivity contribution in [3.8, 4) is 0 Å². The molecule has 9 heteroatoms. The summed E-state index contributed by atoms with van der Waals surface area (Å²) in [7, 11) is 1.53. The third kappa shape index (κ3) is 6.08. The van der Waals surface area contributed by atoms with Crippen LogP contribution in [0, 0.1) is 11.8 Å². The number of furan rings is 1. The van der Waals surface area contributed by atoms with Crippen LogP contribution >= 0.6 is 0 Å². The van der Waals surface area contributed by atoms with E-state index in [1.165, 1.54) is 24.3 Å². The molecule has 30 heavy (non-hydrogen) atoms. The van der Waals surface area contributed by atoms with Crippen LogP contribution in [0.1, 0.15) is 44.2 Å². The number of esters is 1. The van der Waals surface area contributed by atoms with E-state index in [2.05, 4.69) is 5.32 Å². The highest BCUT2D eigenvalue weighted by Crippen LogP contribution is 2.18. The van der Waals surface area contributed by atoms with Crippen LogP contribution < -0.4 is 5.32 Å². The first-order chi connectivity index (χ1) is 14.2. The van der Waals surface area contributed by atoms with Gasteiger partial charge in [-0.05, 0) is 37.8 Å². The molecule has 0 spiro atoms. The predicted molar refractivity (Wildman–Crippen MR) is 108 cm³/mol. The van der Waals surface area contributed by atoms with Crippen molar-refractivity contribution in [2.75, 3.05) is 33.3 Å². The Balaban J connectivity index is 1.95. The zero-order valence-corrected chi connectivity index (χ0v) is 18.1. The maximum atomic E-state index is 12.9. The summed E-state index contributed by atoms with van der Waals surface area (Å²) in [4.78, 5) is 52.8. The second-order valence-corrected chi connectivity index (χ2v) is 7.80. The molecule has 3 amide bonds. The molecule has 1 aromatic rings. The standard InChI is InChI=1S/C21H31N3O6/c1-5-29-21(28)15-8-6-10-24(12-15)17(25)13-23(4)20(27)18(14(2)3)22-19(26)16-9-7-11-30-16/h7,9,11,14-15,18H,5-6,8,10,12-13H2,1-4H3,(H,22,26). The fourth-order valence-corrected chi connectivity index (χ4v) is 3.41. The summed E-state index contributed by atoms with van der Waals surface area (Å²) in [5, 5.41) is 2.68. The molecule has 1 N–H and O–H groups in total. The van der Waals surface area contributed by atoms with Crippen molar-refractivity contribution < 1.29 is 28.3 Å². The van der Waals surface area contributed by atoms with E-state index in [1.54, 1.807) is 17.9 Å². The topological polar surface area (TPSA) is 109 Å². The van der Waals surface area contributed by atoms with E-state index in [0.717, 1.165) is 0 Å². The van der Waals surface area contributed by atoms with E-state index in [1.807, 2.05) is 13.8 Å². The Labute approximate surface area is 176 Å². The molecule has 1 fully saturated rings. The Morgan fingerprint density at radius 1 is 1.33 bits per heavy atom. The Kier molecular flexibility index (Phi) is 8.44. The molecular weight excluding hydrogens is 390 g/mol. The lowest BCUT2D eigenvalue weighted by molar-refractivity contribution is -0.152. The molecule has 1 aromatic heterocycles. The highest BCUT2D eigenvalue weighted by molar-refractivity contribution is 5.96. The fourth-order valence-electron chi connectivity index (χ4n) is 3.41. The van der Waals surface area contributed by atoms with Gasteiger partial charge in [-0.3, -0.25) is 19.2 Å². The van der Waals surface area contributed by atoms with Gasteiger partial charge in [0.25, 0.3) is 5.91 Å². The number of amides is 3. The van der Waals surface area contributed by atoms with Crippen molar-refractivity contribution in [2.45, 2.75) is 39.7 Å². The van der Waals surface area contributed by atoms with E-state index in [0.29, 0.717) is 32.5 Å². The molecule has 166 valence electrons. The molecule has 0 bridgehead atoms. The van der Waals surface area contributed by atoms with Gasteiger partial charge in [0.05, 0.1) is 25.3 Å². The monoisotopic (exact) mass is 421 g/mol. The first kappa shape index (κ1) is 23.4. The van der Waals surface area contributed by atoms with Crippen LogP contribution in [-0.2, 0) is 19.1 Å². The number of carbonyl (C=O) groups is 4. The molecule has 2 unspecified atom stereocenters. The normalized spacial score (nSPS) is 17.4. The van der Waals surface area contributed by atoms with Crippen LogP contribution in [-0.4, -0.2) is 72.8 Å². The fraction of sp³-hybridized carbons (Fsp3) is 0.619. The second kappa shape index (κ2) is 10.8. The summed E-state index contributed by atoms with van der Waals surface area (Å²) in [6.45, 7) is 6.39. The third-order valence-electron chi connectivity index (χ3n) is 5.11. The minimum Gasteiger partial charge on any atom is -0.466 e. The Bertz CT molecular complexity index is 746. The van der Waals surface area contributed by atoms with E-state index >= 15 is 0 Å². The Morgan fingerprint density at radius 2 is 2.07 bits per heavy atom. The maximum absolute atomic E-state index is 12.9. The summed E-state index contributed by atoms with van der Waals surface area (Å²) in [6.07, 6.45) is 2.78. The molecule has 1 aliphatic heterocycles. The van der Waals surface area contributed by atoms with Gasteiger partial charge in [0.15, 0.2) is 5.76 Å². The number of hydrogen-bond acceptors (Lipinski definition) is 6. The van der Waals surface area contributed by atoms with Gasteiger partial charge in [-0.1, -0.05) is 13.8 Å². The van der Waals surface area contributed by atoms with Crippen LogP contribution in [0.15, 0.2) is 22.8 Å². The van der Waals surface area contributed by atoms with E-state index < -0.39 is 11.9 Å². The third-order valence-corrected chi connectivity index (χ3v) is 5.11. The van der Waals surface area contributed by atoms with Gasteiger partial charge < -0.3 is 24.3 Å². The van der Waals surface area contributed by atoms with E-state index in [4.69, 9.17) is 9.15 Å². The van der Waals surface area contributed by atoms with Crippen LogP contribution in [0.3, 0.4) is 0 Å². The first-order valence-corrected chi connectivity index (χ1v) is 10.3. The lowest BCUT2D eigenvalue weighted by Gasteiger charge is -2.33. The summed E-state index contributed by atoms with van der Waals surface area (Å²) in [6, 6.07) is 2.31. The minimum atomic E-state index is -0.797. The molecule has 1 saturated heterocycles. The first-order valence-electron chi connectivity index (χ1n) is 10.3. The number of ether oxygens (including phenoxy) is 1. The maximum Gasteiger partial charge on any atom is 0.310 e. The Hall–Kier alpha value is -2.84. The number of rotatable bonds is 8. The van der Waals surface area contributed by atoms with Gasteiger partial charge in [-0.25, -0.2) is 0 Å². The van der Waals surface area contributed by atoms with E-state index in [-0.39, 0.29) is 41.9 Å². The highest BCUT2D eigenvalue weighted by Gasteiger charge is 2.32. The van der Waals surface area contributed by atoms with Crippen molar-refractivity contribution in [2.24, 2.45) is 11.8 Å². The zero-order valence-electron chi connectivity index (χ0n) is 18.1. The molecule has 2 heterocycles. The minimum absolute atomic E-state index is 0.116. The van der Waals surface area contributed by atoms with Gasteiger partial charge >= 0.3 is 5.97 Å². The number of nitrogens with zero attached hydrogens (tertiary/aromatic N) is 2. The average Bonchev–Trinajstić information content (AvgIpc) is 3.26. The molecule has 1 aliphatic rings. The molecule has 0 radical (unpaired) electrons. The van der Waals surface area contributed by atoms with E-state index in [9.17, 15) is 19.2 Å². The van der Waals surface area contributed by atoms with Crippen molar-refractivity contribution in [1.82, 2.24) is 15.1 Å². The number of hydrogen-bond donors (Lipinski definition) is 1. The van der Waals surface area contributed by atoms with Crippen LogP contribution in [0.2, 0.25) is 0 Å². The lowest BCUT2D eigenvalue weighted by Crippen LogP contribution is -2.53. The molecule has 2 atom stereocenters. The largest absolute Gasteiger partial charge is 0.466 e. The zero-order chi connectivity index (χ0) is 22.3. The quantitative estimate of drug-likeness (QED) is 0.634. The van der Waals surface area contributed by atoms with Crippen molar-refractivity contribution in [3.05, 3.63) is 24.2 Å². The molecular formula is C21H31N3O6. The number of carbonyl (C=O) groups excluding carboxylic acids is 4.